The van der Waals surface area contributed by atoms with Crippen molar-refractivity contribution in [1.29, 1.82) is 0 Å². The third-order valence-electron chi connectivity index (χ3n) is 6.14. The van der Waals surface area contributed by atoms with Gasteiger partial charge in [-0.25, -0.2) is 0 Å². The maximum absolute atomic E-state index is 13.5. The van der Waals surface area contributed by atoms with E-state index in [0.29, 0.717) is 18.7 Å². The van der Waals surface area contributed by atoms with Crippen LogP contribution in [0.4, 0.5) is 5.69 Å². The molecule has 0 saturated heterocycles. The summed E-state index contributed by atoms with van der Waals surface area (Å²) in [5.74, 6) is -0.643. The standard InChI is InChI=1S/C27H29N3O3/c1-3-4-16-28-26(32)19(2)29(17-20-10-6-5-7-11-20)24(31)18-30-23-15-9-13-21-12-8-14-22(25(21)23)27(30)33/h5-15,19H,3-4,16-18H2,1-2H3,(H,28,32)/t19-/m0/s1. The Kier molecular flexibility index (Phi) is 6.73. The van der Waals surface area contributed by atoms with Gasteiger partial charge in [0.05, 0.1) is 5.69 Å². The summed E-state index contributed by atoms with van der Waals surface area (Å²) in [5, 5.41) is 4.77. The molecule has 3 amide bonds. The molecule has 0 radical (unpaired) electrons. The molecule has 0 bridgehead atoms. The molecule has 170 valence electrons. The van der Waals surface area contributed by atoms with Gasteiger partial charge in [0.2, 0.25) is 11.8 Å². The highest BCUT2D eigenvalue weighted by Gasteiger charge is 2.34. The summed E-state index contributed by atoms with van der Waals surface area (Å²) >= 11 is 0. The molecule has 0 saturated carbocycles. The lowest BCUT2D eigenvalue weighted by molar-refractivity contribution is -0.139. The Morgan fingerprint density at radius 2 is 1.73 bits per heavy atom. The van der Waals surface area contributed by atoms with Crippen LogP contribution in [0.15, 0.2) is 66.7 Å². The smallest absolute Gasteiger partial charge is 0.259 e. The second-order valence-electron chi connectivity index (χ2n) is 8.40. The first-order chi connectivity index (χ1) is 16.0. The molecule has 1 aliphatic heterocycles. The Labute approximate surface area is 194 Å². The predicted molar refractivity (Wildman–Crippen MR) is 130 cm³/mol. The van der Waals surface area contributed by atoms with Gasteiger partial charge in [-0.3, -0.25) is 19.3 Å². The first-order valence-corrected chi connectivity index (χ1v) is 11.5. The van der Waals surface area contributed by atoms with Gasteiger partial charge < -0.3 is 10.2 Å². The van der Waals surface area contributed by atoms with E-state index in [9.17, 15) is 14.4 Å². The van der Waals surface area contributed by atoms with Crippen LogP contribution in [0.1, 0.15) is 42.6 Å². The Bertz CT molecular complexity index is 1170. The molecule has 3 aromatic carbocycles. The molecule has 6 heteroatoms. The fourth-order valence-electron chi connectivity index (χ4n) is 4.26. The number of unbranched alkanes of at least 4 members (excludes halogenated alkanes) is 1. The average Bonchev–Trinajstić information content (AvgIpc) is 3.11. The highest BCUT2D eigenvalue weighted by atomic mass is 16.2. The van der Waals surface area contributed by atoms with Crippen LogP contribution in [0.3, 0.4) is 0 Å². The maximum atomic E-state index is 13.5. The van der Waals surface area contributed by atoms with Crippen LogP contribution in [0, 0.1) is 0 Å². The fraction of sp³-hybridized carbons (Fsp3) is 0.296. The van der Waals surface area contributed by atoms with E-state index in [1.807, 2.05) is 60.7 Å². The van der Waals surface area contributed by atoms with Gasteiger partial charge in [-0.15, -0.1) is 0 Å². The molecule has 1 heterocycles. The van der Waals surface area contributed by atoms with Crippen LogP contribution in [0.5, 0.6) is 0 Å². The van der Waals surface area contributed by atoms with E-state index in [0.717, 1.165) is 34.9 Å². The van der Waals surface area contributed by atoms with E-state index in [-0.39, 0.29) is 24.3 Å². The Morgan fingerprint density at radius 1 is 1.00 bits per heavy atom. The molecule has 1 atom stereocenters. The van der Waals surface area contributed by atoms with Gasteiger partial charge in [0.25, 0.3) is 5.91 Å². The van der Waals surface area contributed by atoms with Crippen molar-refractivity contribution in [2.45, 2.75) is 39.3 Å². The van der Waals surface area contributed by atoms with Gasteiger partial charge in [-0.1, -0.05) is 67.9 Å². The topological polar surface area (TPSA) is 69.7 Å². The van der Waals surface area contributed by atoms with Crippen molar-refractivity contribution in [2.75, 3.05) is 18.0 Å². The molecule has 0 aromatic heterocycles. The summed E-state index contributed by atoms with van der Waals surface area (Å²) in [6, 6.07) is 20.3. The minimum absolute atomic E-state index is 0.119. The maximum Gasteiger partial charge on any atom is 0.259 e. The number of anilines is 1. The van der Waals surface area contributed by atoms with E-state index in [1.54, 1.807) is 17.9 Å². The van der Waals surface area contributed by atoms with Gasteiger partial charge in [0.1, 0.15) is 12.6 Å². The molecule has 0 spiro atoms. The molecule has 0 aliphatic carbocycles. The van der Waals surface area contributed by atoms with Crippen LogP contribution in [0.2, 0.25) is 0 Å². The third-order valence-corrected chi connectivity index (χ3v) is 6.14. The van der Waals surface area contributed by atoms with Crippen molar-refractivity contribution >= 4 is 34.2 Å². The van der Waals surface area contributed by atoms with Gasteiger partial charge in [-0.05, 0) is 36.4 Å². The number of carbonyl (C=O) groups is 3. The summed E-state index contributed by atoms with van der Waals surface area (Å²) in [6.45, 7) is 4.55. The van der Waals surface area contributed by atoms with E-state index in [1.165, 1.54) is 4.90 Å². The zero-order chi connectivity index (χ0) is 23.4. The minimum atomic E-state index is -0.662. The van der Waals surface area contributed by atoms with Gasteiger partial charge in [-0.2, -0.15) is 0 Å². The SMILES string of the molecule is CCCCNC(=O)[C@H](C)N(Cc1ccccc1)C(=O)CN1C(=O)c2cccc3cccc1c23. The normalized spacial score (nSPS) is 13.3. The van der Waals surface area contributed by atoms with Crippen LogP contribution in [0.25, 0.3) is 10.8 Å². The highest BCUT2D eigenvalue weighted by molar-refractivity contribution is 6.26. The van der Waals surface area contributed by atoms with E-state index in [2.05, 4.69) is 12.2 Å². The first kappa shape index (κ1) is 22.5. The first-order valence-electron chi connectivity index (χ1n) is 11.5. The van der Waals surface area contributed by atoms with Gasteiger partial charge in [0, 0.05) is 24.0 Å². The summed E-state index contributed by atoms with van der Waals surface area (Å²) < 4.78 is 0. The van der Waals surface area contributed by atoms with Crippen molar-refractivity contribution in [3.8, 4) is 0 Å². The predicted octanol–water partition coefficient (Wildman–Crippen LogP) is 4.13. The Hall–Kier alpha value is -3.67. The zero-order valence-corrected chi connectivity index (χ0v) is 19.1. The fourth-order valence-corrected chi connectivity index (χ4v) is 4.26. The van der Waals surface area contributed by atoms with Gasteiger partial charge >= 0.3 is 0 Å². The lowest BCUT2D eigenvalue weighted by Gasteiger charge is -2.30. The third kappa shape index (κ3) is 4.60. The highest BCUT2D eigenvalue weighted by Crippen LogP contribution is 2.37. The summed E-state index contributed by atoms with van der Waals surface area (Å²) in [5.41, 5.74) is 2.27. The number of carbonyl (C=O) groups excluding carboxylic acids is 3. The molecule has 1 aliphatic rings. The molecule has 33 heavy (non-hydrogen) atoms. The van der Waals surface area contributed by atoms with Crippen molar-refractivity contribution in [1.82, 2.24) is 10.2 Å². The largest absolute Gasteiger partial charge is 0.354 e. The van der Waals surface area contributed by atoms with Crippen molar-refractivity contribution in [3.05, 3.63) is 77.9 Å². The van der Waals surface area contributed by atoms with Crippen molar-refractivity contribution in [2.24, 2.45) is 0 Å². The van der Waals surface area contributed by atoms with E-state index < -0.39 is 6.04 Å². The number of hydrogen-bond donors (Lipinski definition) is 1. The van der Waals surface area contributed by atoms with Crippen molar-refractivity contribution in [3.63, 3.8) is 0 Å². The van der Waals surface area contributed by atoms with Crippen LogP contribution < -0.4 is 10.2 Å². The van der Waals surface area contributed by atoms with E-state index >= 15 is 0 Å². The summed E-state index contributed by atoms with van der Waals surface area (Å²) in [6.07, 6.45) is 1.86. The quantitative estimate of drug-likeness (QED) is 0.506. The average molecular weight is 444 g/mol. The minimum Gasteiger partial charge on any atom is -0.354 e. The lowest BCUT2D eigenvalue weighted by atomic mass is 10.1. The zero-order valence-electron chi connectivity index (χ0n) is 19.1. The Morgan fingerprint density at radius 3 is 2.45 bits per heavy atom. The van der Waals surface area contributed by atoms with Gasteiger partial charge in [0.15, 0.2) is 0 Å². The monoisotopic (exact) mass is 443 g/mol. The molecular weight excluding hydrogens is 414 g/mol. The molecule has 0 fully saturated rings. The number of benzene rings is 3. The number of hydrogen-bond acceptors (Lipinski definition) is 3. The van der Waals surface area contributed by atoms with Crippen LogP contribution in [-0.2, 0) is 16.1 Å². The van der Waals surface area contributed by atoms with Crippen LogP contribution >= 0.6 is 0 Å². The number of amides is 3. The second kappa shape index (κ2) is 9.86. The van der Waals surface area contributed by atoms with Crippen molar-refractivity contribution < 1.29 is 14.4 Å². The Balaban J connectivity index is 1.58. The molecular formula is C27H29N3O3. The molecule has 1 N–H and O–H groups in total. The number of rotatable bonds is 9. The molecule has 6 nitrogen and oxygen atoms in total. The summed E-state index contributed by atoms with van der Waals surface area (Å²) in [7, 11) is 0. The molecule has 4 rings (SSSR count). The van der Waals surface area contributed by atoms with E-state index in [4.69, 9.17) is 0 Å². The number of nitrogens with zero attached hydrogens (tertiary/aromatic N) is 2. The molecule has 3 aromatic rings. The summed E-state index contributed by atoms with van der Waals surface area (Å²) in [4.78, 5) is 42.6. The number of nitrogens with one attached hydrogen (secondary N) is 1. The second-order valence-corrected chi connectivity index (χ2v) is 8.40. The molecule has 0 unspecified atom stereocenters. The van der Waals surface area contributed by atoms with Crippen LogP contribution in [-0.4, -0.2) is 41.8 Å². The lowest BCUT2D eigenvalue weighted by Crippen LogP contribution is -2.51.